The molecule has 1 aliphatic heterocycles. The Labute approximate surface area is 101 Å². The molecule has 1 fully saturated rings. The number of morpholine rings is 1. The molecule has 0 amide bonds. The quantitative estimate of drug-likeness (QED) is 0.858. The van der Waals surface area contributed by atoms with Gasteiger partial charge in [0.05, 0.1) is 12.2 Å². The van der Waals surface area contributed by atoms with Gasteiger partial charge < -0.3 is 9.84 Å². The minimum atomic E-state index is -0.396. The van der Waals surface area contributed by atoms with Crippen LogP contribution in [0.1, 0.15) is 19.4 Å². The highest BCUT2D eigenvalue weighted by Gasteiger charge is 2.27. The van der Waals surface area contributed by atoms with Gasteiger partial charge in [-0.3, -0.25) is 4.90 Å². The van der Waals surface area contributed by atoms with Gasteiger partial charge >= 0.3 is 0 Å². The second kappa shape index (κ2) is 4.63. The van der Waals surface area contributed by atoms with Crippen LogP contribution in [0.2, 0.25) is 0 Å². The number of aromatic hydroxyl groups is 1. The molecule has 0 spiro atoms. The number of ether oxygens (including phenoxy) is 1. The summed E-state index contributed by atoms with van der Waals surface area (Å²) in [6.07, 6.45) is 0. The van der Waals surface area contributed by atoms with E-state index in [1.165, 1.54) is 6.07 Å². The van der Waals surface area contributed by atoms with E-state index in [9.17, 15) is 9.50 Å². The van der Waals surface area contributed by atoms with Crippen LogP contribution in [0.15, 0.2) is 18.2 Å². The Bertz CT molecular complexity index is 386. The van der Waals surface area contributed by atoms with Crippen LogP contribution in [-0.2, 0) is 11.3 Å². The van der Waals surface area contributed by atoms with Gasteiger partial charge in [-0.2, -0.15) is 0 Å². The van der Waals surface area contributed by atoms with Crippen molar-refractivity contribution in [3.05, 3.63) is 29.6 Å². The van der Waals surface area contributed by atoms with E-state index in [2.05, 4.69) is 4.90 Å². The zero-order valence-corrected chi connectivity index (χ0v) is 10.2. The fourth-order valence-electron chi connectivity index (χ4n) is 2.23. The average Bonchev–Trinajstić information content (AvgIpc) is 2.13. The summed E-state index contributed by atoms with van der Waals surface area (Å²) < 4.78 is 18.7. The Morgan fingerprint density at radius 2 is 2.18 bits per heavy atom. The van der Waals surface area contributed by atoms with E-state index >= 15 is 0 Å². The molecule has 1 saturated heterocycles. The van der Waals surface area contributed by atoms with Crippen molar-refractivity contribution in [2.45, 2.75) is 26.0 Å². The number of hydrogen-bond acceptors (Lipinski definition) is 3. The Kier molecular flexibility index (Phi) is 3.35. The first-order valence-electron chi connectivity index (χ1n) is 5.79. The predicted molar refractivity (Wildman–Crippen MR) is 63.4 cm³/mol. The third kappa shape index (κ3) is 3.41. The summed E-state index contributed by atoms with van der Waals surface area (Å²) in [6, 6.07) is 4.18. The minimum absolute atomic E-state index is 0.0208. The second-order valence-electron chi connectivity index (χ2n) is 5.14. The van der Waals surface area contributed by atoms with Crippen molar-refractivity contribution < 1.29 is 14.2 Å². The van der Waals surface area contributed by atoms with E-state index < -0.39 is 5.82 Å². The first-order valence-corrected chi connectivity index (χ1v) is 5.79. The van der Waals surface area contributed by atoms with E-state index in [0.717, 1.165) is 24.7 Å². The highest BCUT2D eigenvalue weighted by Crippen LogP contribution is 2.20. The van der Waals surface area contributed by atoms with E-state index in [0.29, 0.717) is 13.2 Å². The molecular formula is C13H18FNO2. The highest BCUT2D eigenvalue weighted by molar-refractivity contribution is 5.28. The van der Waals surface area contributed by atoms with Crippen LogP contribution in [0.5, 0.6) is 5.75 Å². The Morgan fingerprint density at radius 3 is 2.82 bits per heavy atom. The zero-order valence-electron chi connectivity index (χ0n) is 10.2. The first-order chi connectivity index (χ1) is 7.94. The normalized spacial score (nSPS) is 20.4. The lowest BCUT2D eigenvalue weighted by molar-refractivity contribution is -0.0882. The van der Waals surface area contributed by atoms with Gasteiger partial charge in [-0.25, -0.2) is 4.39 Å². The molecule has 1 aromatic rings. The monoisotopic (exact) mass is 239 g/mol. The molecule has 1 N–H and O–H groups in total. The van der Waals surface area contributed by atoms with E-state index in [-0.39, 0.29) is 11.4 Å². The summed E-state index contributed by atoms with van der Waals surface area (Å²) in [5.74, 6) is -0.417. The maximum atomic E-state index is 13.1. The van der Waals surface area contributed by atoms with Crippen molar-refractivity contribution >= 4 is 0 Å². The van der Waals surface area contributed by atoms with Crippen molar-refractivity contribution in [1.29, 1.82) is 0 Å². The molecule has 0 bridgehead atoms. The molecule has 2 rings (SSSR count). The van der Waals surface area contributed by atoms with Gasteiger partial charge in [-0.05, 0) is 31.5 Å². The molecule has 0 aromatic heterocycles. The van der Waals surface area contributed by atoms with Crippen molar-refractivity contribution in [2.24, 2.45) is 0 Å². The molecule has 1 aliphatic rings. The topological polar surface area (TPSA) is 32.7 Å². The van der Waals surface area contributed by atoms with Crippen molar-refractivity contribution in [1.82, 2.24) is 4.90 Å². The second-order valence-corrected chi connectivity index (χ2v) is 5.14. The minimum Gasteiger partial charge on any atom is -0.508 e. The van der Waals surface area contributed by atoms with Crippen LogP contribution >= 0.6 is 0 Å². The predicted octanol–water partition coefficient (Wildman–Crippen LogP) is 2.14. The van der Waals surface area contributed by atoms with Crippen LogP contribution in [0.25, 0.3) is 0 Å². The molecule has 1 heterocycles. The molecule has 0 saturated carbocycles. The van der Waals surface area contributed by atoms with Crippen molar-refractivity contribution in [3.63, 3.8) is 0 Å². The smallest absolute Gasteiger partial charge is 0.127 e. The van der Waals surface area contributed by atoms with Crippen LogP contribution in [0.3, 0.4) is 0 Å². The summed E-state index contributed by atoms with van der Waals surface area (Å²) in [6.45, 7) is 7.06. The third-order valence-electron chi connectivity index (χ3n) is 2.85. The summed E-state index contributed by atoms with van der Waals surface area (Å²) in [7, 11) is 0. The summed E-state index contributed by atoms with van der Waals surface area (Å²) >= 11 is 0. The highest BCUT2D eigenvalue weighted by atomic mass is 19.1. The molecular weight excluding hydrogens is 221 g/mol. The molecule has 0 aliphatic carbocycles. The molecule has 3 nitrogen and oxygen atoms in total. The Balaban J connectivity index is 2.05. The van der Waals surface area contributed by atoms with Crippen LogP contribution in [0.4, 0.5) is 4.39 Å². The molecule has 1 aromatic carbocycles. The fourth-order valence-corrected chi connectivity index (χ4v) is 2.23. The van der Waals surface area contributed by atoms with Gasteiger partial charge in [0.1, 0.15) is 11.6 Å². The standard InChI is InChI=1S/C13H18FNO2/c1-13(2)9-15(3-4-17-13)8-10-5-11(14)7-12(16)6-10/h5-7,16H,3-4,8-9H2,1-2H3. The number of phenols is 1. The molecule has 0 unspecified atom stereocenters. The lowest BCUT2D eigenvalue weighted by Gasteiger charge is -2.38. The number of phenolic OH excluding ortho intramolecular Hbond substituents is 1. The van der Waals surface area contributed by atoms with Gasteiger partial charge in [0.2, 0.25) is 0 Å². The van der Waals surface area contributed by atoms with Gasteiger partial charge in [0.15, 0.2) is 0 Å². The number of nitrogens with zero attached hydrogens (tertiary/aromatic N) is 1. The summed E-state index contributed by atoms with van der Waals surface area (Å²) in [5.41, 5.74) is 0.633. The molecule has 0 atom stereocenters. The first kappa shape index (κ1) is 12.3. The van der Waals surface area contributed by atoms with E-state index in [1.807, 2.05) is 13.8 Å². The summed E-state index contributed by atoms with van der Waals surface area (Å²) in [5, 5.41) is 9.34. The Morgan fingerprint density at radius 1 is 1.41 bits per heavy atom. The van der Waals surface area contributed by atoms with Crippen molar-refractivity contribution in [2.75, 3.05) is 19.7 Å². The van der Waals surface area contributed by atoms with Crippen molar-refractivity contribution in [3.8, 4) is 5.75 Å². The average molecular weight is 239 g/mol. The van der Waals surface area contributed by atoms with Gasteiger partial charge in [0.25, 0.3) is 0 Å². The summed E-state index contributed by atoms with van der Waals surface area (Å²) in [4.78, 5) is 2.21. The number of hydrogen-bond donors (Lipinski definition) is 1. The van der Waals surface area contributed by atoms with Gasteiger partial charge in [-0.1, -0.05) is 0 Å². The maximum absolute atomic E-state index is 13.1. The molecule has 94 valence electrons. The lowest BCUT2D eigenvalue weighted by Crippen LogP contribution is -2.47. The molecule has 17 heavy (non-hydrogen) atoms. The Hall–Kier alpha value is -1.13. The van der Waals surface area contributed by atoms with Crippen LogP contribution in [-0.4, -0.2) is 35.3 Å². The van der Waals surface area contributed by atoms with E-state index in [4.69, 9.17) is 4.74 Å². The SMILES string of the molecule is CC1(C)CN(Cc2cc(O)cc(F)c2)CCO1. The number of rotatable bonds is 2. The molecule has 4 heteroatoms. The lowest BCUT2D eigenvalue weighted by atomic mass is 10.1. The number of benzene rings is 1. The van der Waals surface area contributed by atoms with Crippen LogP contribution < -0.4 is 0 Å². The number of halogens is 1. The van der Waals surface area contributed by atoms with Crippen LogP contribution in [0, 0.1) is 5.82 Å². The third-order valence-corrected chi connectivity index (χ3v) is 2.85. The maximum Gasteiger partial charge on any atom is 0.127 e. The van der Waals surface area contributed by atoms with Gasteiger partial charge in [-0.15, -0.1) is 0 Å². The zero-order chi connectivity index (χ0) is 12.5. The largest absolute Gasteiger partial charge is 0.508 e. The molecule has 0 radical (unpaired) electrons. The van der Waals surface area contributed by atoms with E-state index in [1.54, 1.807) is 6.07 Å². The fraction of sp³-hybridized carbons (Fsp3) is 0.538. The van der Waals surface area contributed by atoms with Gasteiger partial charge in [0, 0.05) is 25.7 Å².